The van der Waals surface area contributed by atoms with Gasteiger partial charge in [0.05, 0.1) is 26.0 Å². The SMILES string of the molecule is CCOP(=O)(O)Cc1cc(OCCO)ccc1OCCO. The quantitative estimate of drug-likeness (QED) is 0.555. The van der Waals surface area contributed by atoms with Crippen LogP contribution in [0.25, 0.3) is 0 Å². The molecule has 1 aromatic carbocycles. The van der Waals surface area contributed by atoms with Gasteiger partial charge in [0.2, 0.25) is 0 Å². The van der Waals surface area contributed by atoms with Gasteiger partial charge in [0.15, 0.2) is 0 Å². The summed E-state index contributed by atoms with van der Waals surface area (Å²) in [5.41, 5.74) is 0.443. The third-order valence-corrected chi connectivity index (χ3v) is 3.84. The highest BCUT2D eigenvalue weighted by Gasteiger charge is 2.22. The van der Waals surface area contributed by atoms with E-state index in [1.165, 1.54) is 0 Å². The van der Waals surface area contributed by atoms with Crippen LogP contribution in [-0.2, 0) is 15.3 Å². The Morgan fingerprint density at radius 3 is 2.43 bits per heavy atom. The first-order chi connectivity index (χ1) is 10.0. The van der Waals surface area contributed by atoms with E-state index in [9.17, 15) is 9.46 Å². The molecule has 0 spiro atoms. The summed E-state index contributed by atoms with van der Waals surface area (Å²) in [6.07, 6.45) is -0.224. The van der Waals surface area contributed by atoms with Gasteiger partial charge in [0.25, 0.3) is 0 Å². The van der Waals surface area contributed by atoms with Crippen molar-refractivity contribution in [3.8, 4) is 11.5 Å². The summed E-state index contributed by atoms with van der Waals surface area (Å²) >= 11 is 0. The molecule has 0 saturated heterocycles. The topological polar surface area (TPSA) is 105 Å². The van der Waals surface area contributed by atoms with Crippen molar-refractivity contribution in [2.75, 3.05) is 33.0 Å². The van der Waals surface area contributed by atoms with E-state index in [1.54, 1.807) is 25.1 Å². The lowest BCUT2D eigenvalue weighted by Gasteiger charge is -2.16. The van der Waals surface area contributed by atoms with Gasteiger partial charge in [-0.3, -0.25) is 4.57 Å². The highest BCUT2D eigenvalue weighted by Crippen LogP contribution is 2.47. The van der Waals surface area contributed by atoms with E-state index in [2.05, 4.69) is 0 Å². The van der Waals surface area contributed by atoms with E-state index in [-0.39, 0.29) is 39.2 Å². The zero-order chi connectivity index (χ0) is 15.7. The van der Waals surface area contributed by atoms with Crippen molar-refractivity contribution in [2.24, 2.45) is 0 Å². The van der Waals surface area contributed by atoms with E-state index >= 15 is 0 Å². The van der Waals surface area contributed by atoms with Gasteiger partial charge >= 0.3 is 7.60 Å². The minimum atomic E-state index is -3.77. The molecule has 7 nitrogen and oxygen atoms in total. The molecule has 1 aromatic rings. The summed E-state index contributed by atoms with van der Waals surface area (Å²) in [7, 11) is -3.77. The monoisotopic (exact) mass is 320 g/mol. The second kappa shape index (κ2) is 9.02. The third-order valence-electron chi connectivity index (χ3n) is 2.44. The Morgan fingerprint density at radius 1 is 1.14 bits per heavy atom. The lowest BCUT2D eigenvalue weighted by atomic mass is 10.2. The van der Waals surface area contributed by atoms with Crippen LogP contribution >= 0.6 is 7.60 Å². The molecule has 1 atom stereocenters. The Balaban J connectivity index is 2.95. The van der Waals surface area contributed by atoms with E-state index in [0.717, 1.165) is 0 Å². The van der Waals surface area contributed by atoms with Crippen molar-refractivity contribution in [1.29, 1.82) is 0 Å². The summed E-state index contributed by atoms with van der Waals surface area (Å²) in [4.78, 5) is 9.73. The van der Waals surface area contributed by atoms with Gasteiger partial charge in [-0.05, 0) is 25.1 Å². The van der Waals surface area contributed by atoms with Gasteiger partial charge in [-0.1, -0.05) is 0 Å². The van der Waals surface area contributed by atoms with E-state index in [1.807, 2.05) is 0 Å². The van der Waals surface area contributed by atoms with Gasteiger partial charge < -0.3 is 29.1 Å². The molecule has 1 rings (SSSR count). The van der Waals surface area contributed by atoms with Crippen molar-refractivity contribution in [1.82, 2.24) is 0 Å². The minimum Gasteiger partial charge on any atom is -0.491 e. The second-order valence-electron chi connectivity index (χ2n) is 4.13. The van der Waals surface area contributed by atoms with E-state index in [0.29, 0.717) is 17.1 Å². The maximum Gasteiger partial charge on any atom is 0.332 e. The Hall–Kier alpha value is -1.11. The van der Waals surface area contributed by atoms with Gasteiger partial charge in [0.1, 0.15) is 24.7 Å². The first-order valence-electron chi connectivity index (χ1n) is 6.59. The molecule has 8 heteroatoms. The van der Waals surface area contributed by atoms with Crippen molar-refractivity contribution in [3.63, 3.8) is 0 Å². The molecule has 0 fully saturated rings. The largest absolute Gasteiger partial charge is 0.491 e. The summed E-state index contributed by atoms with van der Waals surface area (Å²) in [5, 5.41) is 17.5. The van der Waals surface area contributed by atoms with Crippen molar-refractivity contribution >= 4 is 7.60 Å². The number of rotatable bonds is 10. The van der Waals surface area contributed by atoms with Crippen LogP contribution in [0.15, 0.2) is 18.2 Å². The molecule has 0 amide bonds. The molecule has 0 aromatic heterocycles. The van der Waals surface area contributed by atoms with E-state index < -0.39 is 7.60 Å². The maximum atomic E-state index is 11.9. The predicted octanol–water partition coefficient (Wildman–Crippen LogP) is 1.15. The molecular formula is C13H21O7P. The van der Waals surface area contributed by atoms with Gasteiger partial charge in [-0.15, -0.1) is 0 Å². The van der Waals surface area contributed by atoms with Crippen molar-refractivity contribution in [3.05, 3.63) is 23.8 Å². The summed E-state index contributed by atoms with van der Waals surface area (Å²) in [5.74, 6) is 0.835. The number of aliphatic hydroxyl groups excluding tert-OH is 2. The second-order valence-corrected chi connectivity index (χ2v) is 5.98. The highest BCUT2D eigenvalue weighted by atomic mass is 31.2. The van der Waals surface area contributed by atoms with Crippen LogP contribution in [0.2, 0.25) is 0 Å². The highest BCUT2D eigenvalue weighted by molar-refractivity contribution is 7.51. The fraction of sp³-hybridized carbons (Fsp3) is 0.538. The third kappa shape index (κ3) is 6.46. The average Bonchev–Trinajstić information content (AvgIpc) is 2.43. The average molecular weight is 320 g/mol. The minimum absolute atomic E-state index is 0.0776. The smallest absolute Gasteiger partial charge is 0.332 e. The summed E-state index contributed by atoms with van der Waals surface area (Å²) in [6, 6.07) is 4.77. The molecule has 0 bridgehead atoms. The number of aliphatic hydroxyl groups is 2. The molecule has 0 aliphatic carbocycles. The zero-order valence-electron chi connectivity index (χ0n) is 11.9. The Labute approximate surface area is 123 Å². The summed E-state index contributed by atoms with van der Waals surface area (Å²) < 4.78 is 27.3. The standard InChI is InChI=1S/C13H21O7P/c1-2-20-21(16,17)10-11-9-12(18-7-5-14)3-4-13(11)19-8-6-15/h3-4,9,14-15H,2,5-8,10H2,1H3,(H,16,17). The Kier molecular flexibility index (Phi) is 7.71. The molecule has 0 saturated carbocycles. The zero-order valence-corrected chi connectivity index (χ0v) is 12.8. The van der Waals surface area contributed by atoms with Crippen LogP contribution < -0.4 is 9.47 Å². The molecule has 120 valence electrons. The Bertz CT molecular complexity index is 478. The maximum absolute atomic E-state index is 11.9. The van der Waals surface area contributed by atoms with Crippen LogP contribution in [0.5, 0.6) is 11.5 Å². The van der Waals surface area contributed by atoms with Crippen LogP contribution in [0, 0.1) is 0 Å². The number of hydrogen-bond acceptors (Lipinski definition) is 6. The van der Waals surface area contributed by atoms with Crippen LogP contribution in [-0.4, -0.2) is 48.1 Å². The first-order valence-corrected chi connectivity index (χ1v) is 8.35. The molecule has 21 heavy (non-hydrogen) atoms. The lowest BCUT2D eigenvalue weighted by Crippen LogP contribution is -2.06. The Morgan fingerprint density at radius 2 is 1.81 bits per heavy atom. The first kappa shape index (κ1) is 17.9. The lowest BCUT2D eigenvalue weighted by molar-refractivity contribution is 0.197. The van der Waals surface area contributed by atoms with Crippen LogP contribution in [0.1, 0.15) is 12.5 Å². The fourth-order valence-electron chi connectivity index (χ4n) is 1.69. The van der Waals surface area contributed by atoms with Crippen LogP contribution in [0.4, 0.5) is 0 Å². The molecule has 0 aliphatic rings. The normalized spacial score (nSPS) is 13.7. The van der Waals surface area contributed by atoms with Crippen molar-refractivity contribution in [2.45, 2.75) is 13.1 Å². The molecular weight excluding hydrogens is 299 g/mol. The molecule has 1 unspecified atom stereocenters. The van der Waals surface area contributed by atoms with Crippen LogP contribution in [0.3, 0.4) is 0 Å². The molecule has 0 radical (unpaired) electrons. The van der Waals surface area contributed by atoms with Gasteiger partial charge in [0, 0.05) is 5.56 Å². The van der Waals surface area contributed by atoms with Gasteiger partial charge in [-0.2, -0.15) is 0 Å². The number of ether oxygens (including phenoxy) is 2. The number of benzene rings is 1. The van der Waals surface area contributed by atoms with Crippen molar-refractivity contribution < 1.29 is 33.7 Å². The number of hydrogen-bond donors (Lipinski definition) is 3. The fourth-order valence-corrected chi connectivity index (χ4v) is 2.86. The van der Waals surface area contributed by atoms with E-state index in [4.69, 9.17) is 24.2 Å². The summed E-state index contributed by atoms with van der Waals surface area (Å²) in [6.45, 7) is 1.67. The molecule has 3 N–H and O–H groups in total. The molecule has 0 aliphatic heterocycles. The van der Waals surface area contributed by atoms with Gasteiger partial charge in [-0.25, -0.2) is 0 Å². The molecule has 0 heterocycles. The predicted molar refractivity (Wildman–Crippen MR) is 76.8 cm³/mol.